The highest BCUT2D eigenvalue weighted by atomic mass is 32.2. The lowest BCUT2D eigenvalue weighted by Crippen LogP contribution is -2.14. The molecular weight excluding hydrogens is 492 g/mol. The molecule has 0 spiro atoms. The van der Waals surface area contributed by atoms with Crippen molar-refractivity contribution < 1.29 is 18.1 Å². The van der Waals surface area contributed by atoms with Gasteiger partial charge in [-0.05, 0) is 12.8 Å². The van der Waals surface area contributed by atoms with E-state index in [1.807, 2.05) is 0 Å². The second-order valence-corrected chi connectivity index (χ2v) is 13.6. The van der Waals surface area contributed by atoms with Gasteiger partial charge in [0.1, 0.15) is 0 Å². The predicted molar refractivity (Wildman–Crippen MR) is 167 cm³/mol. The summed E-state index contributed by atoms with van der Waals surface area (Å²) in [6.45, 7) is 2.29. The van der Waals surface area contributed by atoms with E-state index >= 15 is 0 Å². The molecule has 4 nitrogen and oxygen atoms in total. The summed E-state index contributed by atoms with van der Waals surface area (Å²) in [6, 6.07) is 0. The van der Waals surface area contributed by atoms with Crippen LogP contribution in [0, 0.1) is 0 Å². The van der Waals surface area contributed by atoms with Gasteiger partial charge >= 0.3 is 0 Å². The highest BCUT2D eigenvalue weighted by Crippen LogP contribution is 2.16. The zero-order valence-corrected chi connectivity index (χ0v) is 26.4. The van der Waals surface area contributed by atoms with Crippen LogP contribution in [0.2, 0.25) is 0 Å². The molecule has 2 N–H and O–H groups in total. The second-order valence-electron chi connectivity index (χ2n) is 12.1. The molecule has 0 rings (SSSR count). The maximum atomic E-state index is 10.7. The number of unbranched alkanes of at least 4 members (excludes halogenated alkanes) is 27. The molecule has 0 saturated heterocycles. The first kappa shape index (κ1) is 37.9. The first-order valence-electron chi connectivity index (χ1n) is 17.1. The van der Waals surface area contributed by atoms with E-state index in [9.17, 15) is 13.5 Å². The Morgan fingerprint density at radius 1 is 0.421 bits per heavy atom. The van der Waals surface area contributed by atoms with Gasteiger partial charge in [0.05, 0.1) is 11.9 Å². The maximum Gasteiger partial charge on any atom is 0.264 e. The Morgan fingerprint density at radius 3 is 0.895 bits per heavy atom. The smallest absolute Gasteiger partial charge is 0.264 e. The van der Waals surface area contributed by atoms with Crippen LogP contribution in [0.5, 0.6) is 0 Å². The van der Waals surface area contributed by atoms with Gasteiger partial charge in [0.2, 0.25) is 0 Å². The minimum absolute atomic E-state index is 0.137. The fourth-order valence-electron chi connectivity index (χ4n) is 5.48. The van der Waals surface area contributed by atoms with Gasteiger partial charge in [0, 0.05) is 0 Å². The van der Waals surface area contributed by atoms with Crippen LogP contribution in [0.3, 0.4) is 0 Å². The van der Waals surface area contributed by atoms with E-state index < -0.39 is 16.2 Å². The third kappa shape index (κ3) is 33.9. The van der Waals surface area contributed by atoms with Gasteiger partial charge in [-0.1, -0.05) is 187 Å². The summed E-state index contributed by atoms with van der Waals surface area (Å²) < 4.78 is 30.1. The lowest BCUT2D eigenvalue weighted by molar-refractivity contribution is 0.156. The molecule has 1 atom stereocenters. The molecule has 0 aromatic carbocycles. The van der Waals surface area contributed by atoms with Crippen molar-refractivity contribution in [2.75, 3.05) is 5.75 Å². The third-order valence-electron chi connectivity index (χ3n) is 8.10. The second kappa shape index (κ2) is 29.8. The van der Waals surface area contributed by atoms with Crippen molar-refractivity contribution >= 4 is 10.1 Å². The normalized spacial score (nSPS) is 12.8. The van der Waals surface area contributed by atoms with Crippen LogP contribution in [-0.2, 0) is 10.1 Å². The first-order valence-corrected chi connectivity index (χ1v) is 18.7. The van der Waals surface area contributed by atoms with Gasteiger partial charge in [-0.25, -0.2) is 0 Å². The van der Waals surface area contributed by atoms with Crippen LogP contribution in [-0.4, -0.2) is 29.9 Å². The molecule has 5 heteroatoms. The zero-order chi connectivity index (χ0) is 28.0. The third-order valence-corrected chi connectivity index (χ3v) is 8.85. The van der Waals surface area contributed by atoms with E-state index in [0.29, 0.717) is 6.42 Å². The topological polar surface area (TPSA) is 74.6 Å². The molecule has 230 valence electrons. The highest BCUT2D eigenvalue weighted by molar-refractivity contribution is 7.85. The average Bonchev–Trinajstić information content (AvgIpc) is 2.88. The molecule has 0 aliphatic carbocycles. The molecule has 0 aromatic heterocycles. The molecule has 0 heterocycles. The van der Waals surface area contributed by atoms with Crippen molar-refractivity contribution in [3.63, 3.8) is 0 Å². The predicted octanol–water partition coefficient (Wildman–Crippen LogP) is 11.0. The fourth-order valence-corrected chi connectivity index (χ4v) is 6.05. The molecule has 0 fully saturated rings. The highest BCUT2D eigenvalue weighted by Gasteiger charge is 2.10. The van der Waals surface area contributed by atoms with Crippen LogP contribution in [0.4, 0.5) is 0 Å². The van der Waals surface area contributed by atoms with Crippen LogP contribution in [0.25, 0.3) is 0 Å². The maximum absolute atomic E-state index is 10.7. The lowest BCUT2D eigenvalue weighted by Gasteiger charge is -2.09. The van der Waals surface area contributed by atoms with Crippen molar-refractivity contribution in [2.24, 2.45) is 0 Å². The number of hydrogen-bond acceptors (Lipinski definition) is 3. The zero-order valence-electron chi connectivity index (χ0n) is 25.6. The van der Waals surface area contributed by atoms with Gasteiger partial charge in [-0.2, -0.15) is 8.42 Å². The number of aliphatic hydroxyl groups is 1. The van der Waals surface area contributed by atoms with Gasteiger partial charge in [0.25, 0.3) is 10.1 Å². The molecule has 38 heavy (non-hydrogen) atoms. The molecule has 1 unspecified atom stereocenters. The Balaban J connectivity index is 3.10. The Kier molecular flexibility index (Phi) is 29.7. The quantitative estimate of drug-likeness (QED) is 0.0633. The largest absolute Gasteiger partial charge is 0.393 e. The monoisotopic (exact) mass is 560 g/mol. The molecule has 0 aromatic rings. The summed E-state index contributed by atoms with van der Waals surface area (Å²) in [7, 11) is -3.95. The first-order chi connectivity index (χ1) is 18.5. The molecular formula is C33H68O4S. The van der Waals surface area contributed by atoms with Gasteiger partial charge in [-0.3, -0.25) is 4.55 Å². The average molecular weight is 561 g/mol. The Hall–Kier alpha value is -0.130. The summed E-state index contributed by atoms with van der Waals surface area (Å²) in [5.74, 6) is -0.340. The van der Waals surface area contributed by atoms with E-state index in [4.69, 9.17) is 4.55 Å². The number of hydrogen-bond donors (Lipinski definition) is 2. The van der Waals surface area contributed by atoms with Crippen molar-refractivity contribution in [1.29, 1.82) is 0 Å². The molecule has 0 aliphatic heterocycles. The summed E-state index contributed by atoms with van der Waals surface area (Å²) in [5, 5.41) is 9.73. The van der Waals surface area contributed by atoms with E-state index in [1.54, 1.807) is 0 Å². The minimum Gasteiger partial charge on any atom is -0.393 e. The van der Waals surface area contributed by atoms with Gasteiger partial charge in [0.15, 0.2) is 0 Å². The van der Waals surface area contributed by atoms with Crippen molar-refractivity contribution in [3.05, 3.63) is 0 Å². The molecule has 0 aliphatic rings. The number of rotatable bonds is 32. The summed E-state index contributed by atoms with van der Waals surface area (Å²) in [5.41, 5.74) is 0. The SMILES string of the molecule is CCCCCCCCCCCCCCCCCCCCCCCCCCCCCCC(O)CCS(=O)(=O)O. The fraction of sp³-hybridized carbons (Fsp3) is 1.00. The van der Waals surface area contributed by atoms with Gasteiger partial charge < -0.3 is 5.11 Å². The minimum atomic E-state index is -3.95. The van der Waals surface area contributed by atoms with Crippen LogP contribution in [0.1, 0.15) is 200 Å². The van der Waals surface area contributed by atoms with Gasteiger partial charge in [-0.15, -0.1) is 0 Å². The summed E-state index contributed by atoms with van der Waals surface area (Å²) in [6.07, 6.45) is 38.9. The van der Waals surface area contributed by atoms with Crippen LogP contribution < -0.4 is 0 Å². The standard InChI is InChI=1S/C33H68O4S/c1-2-3-4-5-6-7-8-9-10-11-12-13-14-15-16-17-18-19-20-21-22-23-24-25-26-27-28-29-30-33(34)31-32-38(35,36)37/h33-34H,2-32H2,1H3,(H,35,36,37). The molecule has 0 amide bonds. The molecule has 0 saturated carbocycles. The Labute approximate surface area is 239 Å². The van der Waals surface area contributed by atoms with Crippen LogP contribution >= 0.6 is 0 Å². The van der Waals surface area contributed by atoms with E-state index in [0.717, 1.165) is 12.8 Å². The van der Waals surface area contributed by atoms with E-state index in [1.165, 1.54) is 167 Å². The summed E-state index contributed by atoms with van der Waals surface area (Å²) in [4.78, 5) is 0. The molecule has 0 radical (unpaired) electrons. The summed E-state index contributed by atoms with van der Waals surface area (Å²) >= 11 is 0. The van der Waals surface area contributed by atoms with Crippen molar-refractivity contribution in [2.45, 2.75) is 206 Å². The van der Waals surface area contributed by atoms with E-state index in [2.05, 4.69) is 6.92 Å². The van der Waals surface area contributed by atoms with E-state index in [-0.39, 0.29) is 12.2 Å². The van der Waals surface area contributed by atoms with Crippen molar-refractivity contribution in [3.8, 4) is 0 Å². The Morgan fingerprint density at radius 2 is 0.658 bits per heavy atom. The Bertz CT molecular complexity index is 549. The van der Waals surface area contributed by atoms with Crippen molar-refractivity contribution in [1.82, 2.24) is 0 Å². The number of aliphatic hydroxyl groups excluding tert-OH is 1. The molecule has 0 bridgehead atoms. The van der Waals surface area contributed by atoms with Crippen LogP contribution in [0.15, 0.2) is 0 Å². The lowest BCUT2D eigenvalue weighted by atomic mass is 10.0.